The SMILES string of the molecule is CC(CCS)n1c(=O)[nH]c2ccccc2c1=O. The van der Waals surface area contributed by atoms with E-state index in [1.54, 1.807) is 24.3 Å². The molecule has 2 rings (SSSR count). The van der Waals surface area contributed by atoms with Gasteiger partial charge in [0.25, 0.3) is 5.56 Å². The van der Waals surface area contributed by atoms with Crippen LogP contribution in [0.5, 0.6) is 0 Å². The highest BCUT2D eigenvalue weighted by Crippen LogP contribution is 2.09. The first-order valence-corrected chi connectivity index (χ1v) is 6.13. The standard InChI is InChI=1S/C12H14N2O2S/c1-8(6-7-17)14-11(15)9-4-2-3-5-10(9)13-12(14)16/h2-5,8,17H,6-7H2,1H3,(H,13,16). The molecule has 0 saturated heterocycles. The van der Waals surface area contributed by atoms with Gasteiger partial charge in [0.05, 0.1) is 10.9 Å². The third-order valence-electron chi connectivity index (χ3n) is 2.82. The van der Waals surface area contributed by atoms with Crippen molar-refractivity contribution in [2.24, 2.45) is 0 Å². The summed E-state index contributed by atoms with van der Waals surface area (Å²) in [5.41, 5.74) is -0.0153. The number of aromatic nitrogens is 2. The van der Waals surface area contributed by atoms with Crippen LogP contribution < -0.4 is 11.2 Å². The average molecular weight is 250 g/mol. The van der Waals surface area contributed by atoms with Crippen LogP contribution in [0.3, 0.4) is 0 Å². The quantitative estimate of drug-likeness (QED) is 0.812. The Morgan fingerprint density at radius 3 is 2.76 bits per heavy atom. The smallest absolute Gasteiger partial charge is 0.307 e. The zero-order valence-corrected chi connectivity index (χ0v) is 10.4. The zero-order chi connectivity index (χ0) is 12.4. The first-order valence-electron chi connectivity index (χ1n) is 5.49. The summed E-state index contributed by atoms with van der Waals surface area (Å²) in [5, 5.41) is 0.540. The lowest BCUT2D eigenvalue weighted by atomic mass is 10.2. The van der Waals surface area contributed by atoms with Crippen molar-refractivity contribution in [2.75, 3.05) is 5.75 Å². The van der Waals surface area contributed by atoms with Crippen LogP contribution in [0.15, 0.2) is 33.9 Å². The number of para-hydroxylation sites is 1. The fourth-order valence-corrected chi connectivity index (χ4v) is 2.27. The van der Waals surface area contributed by atoms with Crippen molar-refractivity contribution in [3.63, 3.8) is 0 Å². The predicted octanol–water partition coefficient (Wildman–Crippen LogP) is 1.57. The van der Waals surface area contributed by atoms with Crippen LogP contribution in [0.2, 0.25) is 0 Å². The molecule has 0 radical (unpaired) electrons. The van der Waals surface area contributed by atoms with Crippen molar-refractivity contribution >= 4 is 23.5 Å². The number of thiol groups is 1. The van der Waals surface area contributed by atoms with Gasteiger partial charge in [-0.15, -0.1) is 0 Å². The lowest BCUT2D eigenvalue weighted by Crippen LogP contribution is -2.37. The van der Waals surface area contributed by atoms with Gasteiger partial charge in [0.1, 0.15) is 0 Å². The molecular weight excluding hydrogens is 236 g/mol. The molecule has 0 aliphatic rings. The number of H-pyrrole nitrogens is 1. The van der Waals surface area contributed by atoms with Crippen LogP contribution >= 0.6 is 12.6 Å². The number of nitrogens with one attached hydrogen (secondary N) is 1. The maximum atomic E-state index is 12.2. The number of hydrogen-bond acceptors (Lipinski definition) is 3. The first-order chi connectivity index (χ1) is 8.15. The van der Waals surface area contributed by atoms with Crippen molar-refractivity contribution < 1.29 is 0 Å². The number of rotatable bonds is 3. The zero-order valence-electron chi connectivity index (χ0n) is 9.51. The molecule has 1 N–H and O–H groups in total. The Labute approximate surface area is 104 Å². The van der Waals surface area contributed by atoms with Crippen LogP contribution in [0.25, 0.3) is 10.9 Å². The molecule has 1 unspecified atom stereocenters. The van der Waals surface area contributed by atoms with Gasteiger partial charge >= 0.3 is 5.69 Å². The lowest BCUT2D eigenvalue weighted by Gasteiger charge is -2.13. The molecule has 0 bridgehead atoms. The summed E-state index contributed by atoms with van der Waals surface area (Å²) in [6, 6.07) is 6.88. The van der Waals surface area contributed by atoms with Crippen LogP contribution in [-0.4, -0.2) is 15.3 Å². The Bertz CT molecular complexity index is 645. The predicted molar refractivity (Wildman–Crippen MR) is 72.0 cm³/mol. The van der Waals surface area contributed by atoms with Crippen LogP contribution in [0.1, 0.15) is 19.4 Å². The van der Waals surface area contributed by atoms with Gasteiger partial charge in [-0.1, -0.05) is 12.1 Å². The minimum Gasteiger partial charge on any atom is -0.307 e. The molecule has 1 heterocycles. The second kappa shape index (κ2) is 4.79. The molecule has 0 saturated carbocycles. The summed E-state index contributed by atoms with van der Waals surface area (Å²) in [5.74, 6) is 0.639. The summed E-state index contributed by atoms with van der Waals surface area (Å²) >= 11 is 4.12. The summed E-state index contributed by atoms with van der Waals surface area (Å²) in [4.78, 5) is 26.8. The van der Waals surface area contributed by atoms with Gasteiger partial charge in [0.15, 0.2) is 0 Å². The second-order valence-corrected chi connectivity index (χ2v) is 4.46. The largest absolute Gasteiger partial charge is 0.329 e. The molecular formula is C12H14N2O2S. The van der Waals surface area contributed by atoms with Crippen molar-refractivity contribution in [2.45, 2.75) is 19.4 Å². The highest BCUT2D eigenvalue weighted by Gasteiger charge is 2.12. The van der Waals surface area contributed by atoms with E-state index in [9.17, 15) is 9.59 Å². The third-order valence-corrected chi connectivity index (χ3v) is 3.08. The molecule has 0 amide bonds. The maximum absolute atomic E-state index is 12.2. The molecule has 1 aromatic heterocycles. The normalized spacial score (nSPS) is 12.8. The molecule has 0 aliphatic carbocycles. The van der Waals surface area contributed by atoms with Gasteiger partial charge in [-0.3, -0.25) is 9.36 Å². The summed E-state index contributed by atoms with van der Waals surface area (Å²) < 4.78 is 1.26. The Kier molecular flexibility index (Phi) is 3.38. The minimum atomic E-state index is -0.358. The van der Waals surface area contributed by atoms with Crippen molar-refractivity contribution in [1.29, 1.82) is 0 Å². The highest BCUT2D eigenvalue weighted by atomic mass is 32.1. The van der Waals surface area contributed by atoms with Crippen LogP contribution in [0, 0.1) is 0 Å². The Morgan fingerprint density at radius 1 is 1.35 bits per heavy atom. The Hall–Kier alpha value is -1.49. The van der Waals surface area contributed by atoms with E-state index in [2.05, 4.69) is 17.6 Å². The number of hydrogen-bond donors (Lipinski definition) is 2. The molecule has 1 aromatic carbocycles. The molecule has 0 spiro atoms. The minimum absolute atomic E-state index is 0.145. The maximum Gasteiger partial charge on any atom is 0.329 e. The number of aromatic amines is 1. The van der Waals surface area contributed by atoms with Gasteiger partial charge in [-0.2, -0.15) is 12.6 Å². The van der Waals surface area contributed by atoms with E-state index < -0.39 is 0 Å². The summed E-state index contributed by atoms with van der Waals surface area (Å²) in [6.45, 7) is 1.85. The molecule has 4 nitrogen and oxygen atoms in total. The number of nitrogens with zero attached hydrogens (tertiary/aromatic N) is 1. The van der Waals surface area contributed by atoms with E-state index in [-0.39, 0.29) is 17.3 Å². The topological polar surface area (TPSA) is 54.9 Å². The second-order valence-electron chi connectivity index (χ2n) is 4.01. The van der Waals surface area contributed by atoms with Crippen LogP contribution in [-0.2, 0) is 0 Å². The first kappa shape index (κ1) is 12.0. The van der Waals surface area contributed by atoms with Crippen molar-refractivity contribution in [3.8, 4) is 0 Å². The monoisotopic (exact) mass is 250 g/mol. The van der Waals surface area contributed by atoms with Crippen LogP contribution in [0.4, 0.5) is 0 Å². The molecule has 2 aromatic rings. The lowest BCUT2D eigenvalue weighted by molar-refractivity contribution is 0.498. The van der Waals surface area contributed by atoms with Gasteiger partial charge in [0, 0.05) is 6.04 Å². The molecule has 90 valence electrons. The fourth-order valence-electron chi connectivity index (χ4n) is 1.89. The molecule has 0 aliphatic heterocycles. The van der Waals surface area contributed by atoms with Gasteiger partial charge in [0.2, 0.25) is 0 Å². The Balaban J connectivity index is 2.72. The average Bonchev–Trinajstić information content (AvgIpc) is 2.29. The van der Waals surface area contributed by atoms with E-state index >= 15 is 0 Å². The van der Waals surface area contributed by atoms with Crippen molar-refractivity contribution in [1.82, 2.24) is 9.55 Å². The van der Waals surface area contributed by atoms with E-state index in [4.69, 9.17) is 0 Å². The molecule has 5 heteroatoms. The summed E-state index contributed by atoms with van der Waals surface area (Å²) in [7, 11) is 0. The third kappa shape index (κ3) is 2.15. The highest BCUT2D eigenvalue weighted by molar-refractivity contribution is 7.80. The molecule has 17 heavy (non-hydrogen) atoms. The van der Waals surface area contributed by atoms with E-state index in [1.165, 1.54) is 4.57 Å². The molecule has 1 atom stereocenters. The number of fused-ring (bicyclic) bond motifs is 1. The Morgan fingerprint density at radius 2 is 2.06 bits per heavy atom. The van der Waals surface area contributed by atoms with Gasteiger partial charge in [-0.25, -0.2) is 4.79 Å². The fraction of sp³-hybridized carbons (Fsp3) is 0.333. The van der Waals surface area contributed by atoms with Crippen molar-refractivity contribution in [3.05, 3.63) is 45.1 Å². The number of benzene rings is 1. The van der Waals surface area contributed by atoms with E-state index in [0.29, 0.717) is 23.1 Å². The van der Waals surface area contributed by atoms with E-state index in [1.807, 2.05) is 6.92 Å². The van der Waals surface area contributed by atoms with Gasteiger partial charge < -0.3 is 4.98 Å². The summed E-state index contributed by atoms with van der Waals surface area (Å²) in [6.07, 6.45) is 0.685. The van der Waals surface area contributed by atoms with Gasteiger partial charge in [-0.05, 0) is 31.2 Å². The molecule has 0 fully saturated rings. The van der Waals surface area contributed by atoms with E-state index in [0.717, 1.165) is 0 Å².